The van der Waals surface area contributed by atoms with Crippen molar-refractivity contribution >= 4 is 5.97 Å². The van der Waals surface area contributed by atoms with Crippen LogP contribution in [0.2, 0.25) is 0 Å². The molecule has 0 fully saturated rings. The maximum Gasteiger partial charge on any atom is 0.373 e. The predicted molar refractivity (Wildman–Crippen MR) is 133 cm³/mol. The van der Waals surface area contributed by atoms with Crippen LogP contribution in [0.1, 0.15) is 126 Å². The summed E-state index contributed by atoms with van der Waals surface area (Å²) in [6, 6.07) is 6.95. The van der Waals surface area contributed by atoms with Crippen molar-refractivity contribution in [3.8, 4) is 5.75 Å². The van der Waals surface area contributed by atoms with E-state index < -0.39 is 5.97 Å². The Kier molecular flexibility index (Phi) is 19.0. The molecule has 4 nitrogen and oxygen atoms in total. The fraction of sp³-hybridized carbons (Fsp3) is 0.714. The lowest BCUT2D eigenvalue weighted by Gasteiger charge is -2.06. The molecule has 1 rings (SSSR count). The lowest BCUT2D eigenvalue weighted by molar-refractivity contribution is -0.241. The van der Waals surface area contributed by atoms with E-state index in [2.05, 4.69) is 13.8 Å². The minimum atomic E-state index is -0.457. The molecule has 0 N–H and O–H groups in total. The van der Waals surface area contributed by atoms with Crippen molar-refractivity contribution in [3.05, 3.63) is 36.8 Å². The summed E-state index contributed by atoms with van der Waals surface area (Å²) in [5.41, 5.74) is 0.471. The Morgan fingerprint density at radius 3 is 1.62 bits per heavy atom. The van der Waals surface area contributed by atoms with E-state index in [0.717, 1.165) is 31.4 Å². The van der Waals surface area contributed by atoms with Gasteiger partial charge in [-0.25, -0.2) is 4.79 Å². The quantitative estimate of drug-likeness (QED) is 0.101. The van der Waals surface area contributed by atoms with E-state index >= 15 is 0 Å². The number of hydrogen-bond donors (Lipinski definition) is 0. The van der Waals surface area contributed by atoms with Gasteiger partial charge in [0.2, 0.25) is 0 Å². The van der Waals surface area contributed by atoms with Crippen molar-refractivity contribution in [1.82, 2.24) is 0 Å². The standard InChI is InChI=1S/C28H47O4/c1-3-5-6-7-8-9-10-11-12-13-14-15-16-17-18-19-25-31-32-28(29)26-20-22-27(23-21-26)30-24-4-2/h20-23H,1,3-19,24-25H2,2H3. The van der Waals surface area contributed by atoms with Crippen LogP contribution in [-0.4, -0.2) is 19.2 Å². The minimum Gasteiger partial charge on any atom is -0.494 e. The van der Waals surface area contributed by atoms with E-state index in [1.807, 2.05) is 0 Å². The van der Waals surface area contributed by atoms with E-state index in [9.17, 15) is 4.79 Å². The summed E-state index contributed by atoms with van der Waals surface area (Å²) in [5.74, 6) is 0.303. The van der Waals surface area contributed by atoms with Crippen molar-refractivity contribution in [1.29, 1.82) is 0 Å². The molecule has 1 radical (unpaired) electrons. The minimum absolute atomic E-state index is 0.457. The van der Waals surface area contributed by atoms with Crippen LogP contribution in [0, 0.1) is 6.92 Å². The Bertz CT molecular complexity index is 541. The van der Waals surface area contributed by atoms with Gasteiger partial charge < -0.3 is 4.74 Å². The number of unbranched alkanes of at least 4 members (excludes halogenated alkanes) is 15. The number of hydrogen-bond acceptors (Lipinski definition) is 4. The lowest BCUT2D eigenvalue weighted by Crippen LogP contribution is -2.07. The average molecular weight is 448 g/mol. The molecule has 0 unspecified atom stereocenters. The molecule has 0 heterocycles. The van der Waals surface area contributed by atoms with E-state index in [0.29, 0.717) is 18.8 Å². The molecular weight excluding hydrogens is 400 g/mol. The molecule has 0 saturated carbocycles. The fourth-order valence-electron chi connectivity index (χ4n) is 3.69. The second kappa shape index (κ2) is 21.3. The molecule has 1 aromatic carbocycles. The highest BCUT2D eigenvalue weighted by Crippen LogP contribution is 2.15. The molecule has 0 aromatic heterocycles. The number of carbonyl (C=O) groups is 1. The Morgan fingerprint density at radius 2 is 1.16 bits per heavy atom. The lowest BCUT2D eigenvalue weighted by atomic mass is 10.0. The second-order valence-corrected chi connectivity index (χ2v) is 8.72. The molecule has 0 bridgehead atoms. The first-order chi connectivity index (χ1) is 15.8. The first-order valence-corrected chi connectivity index (χ1v) is 13.1. The molecule has 4 heteroatoms. The normalized spacial score (nSPS) is 10.9. The summed E-state index contributed by atoms with van der Waals surface area (Å²) < 4.78 is 5.51. The first kappa shape index (κ1) is 28.5. The smallest absolute Gasteiger partial charge is 0.373 e. The van der Waals surface area contributed by atoms with Crippen LogP contribution in [0.3, 0.4) is 0 Å². The van der Waals surface area contributed by atoms with Crippen LogP contribution in [0.4, 0.5) is 0 Å². The van der Waals surface area contributed by atoms with E-state index in [-0.39, 0.29) is 0 Å². The SMILES string of the molecule is [CH2]CCCCCCCCCCCCCCCCCOOC(=O)c1ccc(OCCC)cc1. The van der Waals surface area contributed by atoms with Crippen LogP contribution in [-0.2, 0) is 9.78 Å². The first-order valence-electron chi connectivity index (χ1n) is 13.1. The molecule has 0 aliphatic rings. The van der Waals surface area contributed by atoms with E-state index in [1.165, 1.54) is 83.5 Å². The predicted octanol–water partition coefficient (Wildman–Crippen LogP) is 8.64. The molecule has 0 amide bonds. The van der Waals surface area contributed by atoms with Crippen molar-refractivity contribution in [2.24, 2.45) is 0 Å². The molecule has 1 aromatic rings. The van der Waals surface area contributed by atoms with Gasteiger partial charge in [-0.05, 0) is 37.1 Å². The van der Waals surface area contributed by atoms with Crippen LogP contribution >= 0.6 is 0 Å². The monoisotopic (exact) mass is 447 g/mol. The van der Waals surface area contributed by atoms with Crippen molar-refractivity contribution in [3.63, 3.8) is 0 Å². The van der Waals surface area contributed by atoms with Gasteiger partial charge in [0.25, 0.3) is 0 Å². The highest BCUT2D eigenvalue weighted by molar-refractivity contribution is 5.89. The zero-order chi connectivity index (χ0) is 23.1. The van der Waals surface area contributed by atoms with Gasteiger partial charge in [0, 0.05) is 0 Å². The fourth-order valence-corrected chi connectivity index (χ4v) is 3.69. The molecule has 0 aliphatic carbocycles. The highest BCUT2D eigenvalue weighted by Gasteiger charge is 2.08. The summed E-state index contributed by atoms with van der Waals surface area (Å²) in [7, 11) is 0. The molecule has 0 aliphatic heterocycles. The van der Waals surface area contributed by atoms with Crippen molar-refractivity contribution in [2.75, 3.05) is 13.2 Å². The van der Waals surface area contributed by atoms with Crippen molar-refractivity contribution < 1.29 is 19.3 Å². The van der Waals surface area contributed by atoms with Crippen molar-refractivity contribution in [2.45, 2.75) is 116 Å². The topological polar surface area (TPSA) is 44.8 Å². The second-order valence-electron chi connectivity index (χ2n) is 8.72. The number of carbonyl (C=O) groups excluding carboxylic acids is 1. The Labute approximate surface area is 197 Å². The maximum absolute atomic E-state index is 12.0. The average Bonchev–Trinajstić information content (AvgIpc) is 2.82. The molecule has 0 saturated heterocycles. The number of ether oxygens (including phenoxy) is 1. The molecule has 0 atom stereocenters. The Balaban J connectivity index is 1.83. The van der Waals surface area contributed by atoms with Gasteiger partial charge in [-0.2, -0.15) is 4.89 Å². The zero-order valence-corrected chi connectivity index (χ0v) is 20.6. The molecule has 32 heavy (non-hydrogen) atoms. The Morgan fingerprint density at radius 1 is 0.688 bits per heavy atom. The summed E-state index contributed by atoms with van der Waals surface area (Å²) in [6.45, 7) is 7.08. The highest BCUT2D eigenvalue weighted by atomic mass is 17.2. The maximum atomic E-state index is 12.0. The van der Waals surface area contributed by atoms with E-state index in [4.69, 9.17) is 14.5 Å². The number of rotatable bonds is 22. The summed E-state index contributed by atoms with van der Waals surface area (Å²) in [5, 5.41) is 0. The van der Waals surface area contributed by atoms with Gasteiger partial charge in [-0.15, -0.1) is 0 Å². The van der Waals surface area contributed by atoms with Gasteiger partial charge in [0.1, 0.15) is 5.75 Å². The van der Waals surface area contributed by atoms with Gasteiger partial charge in [-0.3, -0.25) is 4.89 Å². The third kappa shape index (κ3) is 16.1. The third-order valence-corrected chi connectivity index (χ3v) is 5.68. The third-order valence-electron chi connectivity index (χ3n) is 5.68. The summed E-state index contributed by atoms with van der Waals surface area (Å²) >= 11 is 0. The van der Waals surface area contributed by atoms with Gasteiger partial charge in [0.05, 0.1) is 18.8 Å². The summed E-state index contributed by atoms with van der Waals surface area (Å²) in [4.78, 5) is 21.9. The van der Waals surface area contributed by atoms with E-state index in [1.54, 1.807) is 24.3 Å². The van der Waals surface area contributed by atoms with Crippen LogP contribution in [0.15, 0.2) is 24.3 Å². The zero-order valence-electron chi connectivity index (χ0n) is 20.6. The Hall–Kier alpha value is -1.55. The van der Waals surface area contributed by atoms with Crippen LogP contribution < -0.4 is 4.74 Å². The molecule has 183 valence electrons. The van der Waals surface area contributed by atoms with Gasteiger partial charge in [-0.1, -0.05) is 110 Å². The van der Waals surface area contributed by atoms with Crippen LogP contribution in [0.25, 0.3) is 0 Å². The summed E-state index contributed by atoms with van der Waals surface area (Å²) in [6.07, 6.45) is 21.8. The van der Waals surface area contributed by atoms with Gasteiger partial charge >= 0.3 is 5.97 Å². The largest absolute Gasteiger partial charge is 0.494 e. The van der Waals surface area contributed by atoms with Crippen LogP contribution in [0.5, 0.6) is 5.75 Å². The molecule has 0 spiro atoms. The molecular formula is C28H47O4. The van der Waals surface area contributed by atoms with Gasteiger partial charge in [0.15, 0.2) is 0 Å². The number of benzene rings is 1.